The van der Waals surface area contributed by atoms with Gasteiger partial charge in [-0.2, -0.15) is 0 Å². The second-order valence-electron chi connectivity index (χ2n) is 13.5. The number of aromatic amines is 1. The van der Waals surface area contributed by atoms with Gasteiger partial charge in [0.25, 0.3) is 0 Å². The third kappa shape index (κ3) is 6.06. The molecule has 2 fully saturated rings. The molecule has 3 heterocycles. The van der Waals surface area contributed by atoms with E-state index in [1.165, 1.54) is 38.1 Å². The molecular formula is C38H46N6O. The Morgan fingerprint density at radius 1 is 0.911 bits per heavy atom. The molecule has 0 atom stereocenters. The van der Waals surface area contributed by atoms with Gasteiger partial charge >= 0.3 is 0 Å². The van der Waals surface area contributed by atoms with Crippen molar-refractivity contribution in [3.8, 4) is 11.3 Å². The molecule has 2 aliphatic heterocycles. The van der Waals surface area contributed by atoms with Crippen molar-refractivity contribution in [3.05, 3.63) is 88.5 Å². The zero-order valence-electron chi connectivity index (χ0n) is 27.0. The number of rotatable bonds is 12. The van der Waals surface area contributed by atoms with Crippen molar-refractivity contribution in [2.24, 2.45) is 0 Å². The highest BCUT2D eigenvalue weighted by Gasteiger charge is 2.46. The zero-order chi connectivity index (χ0) is 31.7. The molecule has 4 aromatic rings. The molecule has 0 unspecified atom stereocenters. The van der Waals surface area contributed by atoms with Crippen molar-refractivity contribution >= 4 is 35.2 Å². The van der Waals surface area contributed by atoms with Gasteiger partial charge in [0.2, 0.25) is 5.91 Å². The minimum Gasteiger partial charge on any atom is -0.354 e. The summed E-state index contributed by atoms with van der Waals surface area (Å²) in [6.07, 6.45) is 8.64. The molecule has 0 saturated carbocycles. The number of carbonyl (C=O) groups excluding carboxylic acids is 1. The van der Waals surface area contributed by atoms with Crippen molar-refractivity contribution in [2.75, 3.05) is 18.0 Å². The van der Waals surface area contributed by atoms with Crippen LogP contribution in [0.3, 0.4) is 0 Å². The first-order valence-electron chi connectivity index (χ1n) is 16.4. The maximum atomic E-state index is 14.0. The highest BCUT2D eigenvalue weighted by Crippen LogP contribution is 2.42. The quantitative estimate of drug-likeness (QED) is 0.0779. The van der Waals surface area contributed by atoms with Gasteiger partial charge in [-0.25, -0.2) is 0 Å². The average molecular weight is 603 g/mol. The predicted molar refractivity (Wildman–Crippen MR) is 186 cm³/mol. The number of nitrogens with zero attached hydrogens (tertiary/aromatic N) is 2. The van der Waals surface area contributed by atoms with Crippen molar-refractivity contribution in [1.82, 2.24) is 15.2 Å². The molecule has 7 heteroatoms. The van der Waals surface area contributed by atoms with E-state index in [1.807, 2.05) is 12.1 Å². The van der Waals surface area contributed by atoms with Crippen LogP contribution in [0, 0.1) is 24.7 Å². The van der Waals surface area contributed by atoms with Gasteiger partial charge in [-0.1, -0.05) is 35.4 Å². The Hall–Kier alpha value is -4.23. The van der Waals surface area contributed by atoms with E-state index in [0.29, 0.717) is 12.1 Å². The number of hydrogen-bond acceptors (Lipinski definition) is 4. The Morgan fingerprint density at radius 2 is 1.53 bits per heavy atom. The summed E-state index contributed by atoms with van der Waals surface area (Å²) in [6.45, 7) is 10.2. The molecule has 1 amide bonds. The highest BCUT2D eigenvalue weighted by atomic mass is 16.2. The largest absolute Gasteiger partial charge is 0.354 e. The van der Waals surface area contributed by atoms with Crippen LogP contribution in [0.15, 0.2) is 60.7 Å². The van der Waals surface area contributed by atoms with Crippen LogP contribution in [0.4, 0.5) is 5.69 Å². The molecule has 7 nitrogen and oxygen atoms in total. The monoisotopic (exact) mass is 602 g/mol. The fourth-order valence-corrected chi connectivity index (χ4v) is 7.54. The number of aromatic nitrogens is 1. The Kier molecular flexibility index (Phi) is 8.65. The third-order valence-electron chi connectivity index (χ3n) is 10.0. The van der Waals surface area contributed by atoms with Crippen LogP contribution in [0.5, 0.6) is 0 Å². The summed E-state index contributed by atoms with van der Waals surface area (Å²) in [7, 11) is 0. The second-order valence-corrected chi connectivity index (χ2v) is 13.5. The lowest BCUT2D eigenvalue weighted by molar-refractivity contribution is -0.137. The van der Waals surface area contributed by atoms with E-state index in [-0.39, 0.29) is 5.91 Å². The Balaban J connectivity index is 1.23. The number of aryl methyl sites for hydroxylation is 2. The minimum absolute atomic E-state index is 0.275. The van der Waals surface area contributed by atoms with E-state index in [0.717, 1.165) is 86.8 Å². The van der Waals surface area contributed by atoms with Crippen LogP contribution in [0.1, 0.15) is 67.3 Å². The minimum atomic E-state index is -0.587. The molecular weight excluding hydrogens is 556 g/mol. The van der Waals surface area contributed by atoms with Gasteiger partial charge in [-0.3, -0.25) is 20.5 Å². The number of carbonyl (C=O) groups is 1. The molecule has 45 heavy (non-hydrogen) atoms. The van der Waals surface area contributed by atoms with Gasteiger partial charge in [0.15, 0.2) is 0 Å². The molecule has 3 aromatic carbocycles. The second kappa shape index (κ2) is 12.6. The first kappa shape index (κ1) is 30.8. The molecule has 0 radical (unpaired) electrons. The number of hydrogen-bond donors (Lipinski definition) is 4. The summed E-state index contributed by atoms with van der Waals surface area (Å²) in [4.78, 5) is 21.4. The number of anilines is 1. The van der Waals surface area contributed by atoms with E-state index in [4.69, 9.17) is 10.8 Å². The summed E-state index contributed by atoms with van der Waals surface area (Å²) in [5.74, 6) is 0.275. The lowest BCUT2D eigenvalue weighted by atomic mass is 9.82. The van der Waals surface area contributed by atoms with Gasteiger partial charge in [-0.05, 0) is 138 Å². The Bertz CT molecular complexity index is 1670. The number of H-pyrrole nitrogens is 1. The number of fused-ring (bicyclic) bond motifs is 3. The fraction of sp³-hybridized carbons (Fsp3) is 0.395. The first-order valence-corrected chi connectivity index (χ1v) is 16.4. The lowest BCUT2D eigenvalue weighted by Gasteiger charge is -2.33. The molecule has 2 aliphatic rings. The Morgan fingerprint density at radius 3 is 2.16 bits per heavy atom. The summed E-state index contributed by atoms with van der Waals surface area (Å²) in [5, 5.41) is 19.7. The van der Waals surface area contributed by atoms with Gasteiger partial charge in [0.05, 0.1) is 18.1 Å². The summed E-state index contributed by atoms with van der Waals surface area (Å²) in [6, 6.07) is 22.2. The van der Waals surface area contributed by atoms with Crippen LogP contribution in [-0.2, 0) is 23.1 Å². The van der Waals surface area contributed by atoms with Gasteiger partial charge < -0.3 is 15.2 Å². The van der Waals surface area contributed by atoms with E-state index in [9.17, 15) is 4.79 Å². The van der Waals surface area contributed by atoms with Crippen molar-refractivity contribution < 1.29 is 4.79 Å². The van der Waals surface area contributed by atoms with Crippen LogP contribution in [0.25, 0.3) is 22.2 Å². The SMILES string of the molecule is Cc1cc(C)cc(-c2[nH]c3ccc(C(C)(C)C(=O)N4C5CCC4CC5)cc3c2CCNCCc2ccc(N(C=N)C=N)cc2)c1. The van der Waals surface area contributed by atoms with E-state index < -0.39 is 5.41 Å². The number of amides is 1. The first-order chi connectivity index (χ1) is 21.7. The van der Waals surface area contributed by atoms with Crippen LogP contribution in [-0.4, -0.2) is 53.6 Å². The lowest BCUT2D eigenvalue weighted by Crippen LogP contribution is -2.45. The predicted octanol–water partition coefficient (Wildman–Crippen LogP) is 7.28. The normalized spacial score (nSPS) is 17.6. The molecule has 0 spiro atoms. The summed E-state index contributed by atoms with van der Waals surface area (Å²) < 4.78 is 0. The van der Waals surface area contributed by atoms with Crippen LogP contribution < -0.4 is 10.2 Å². The summed E-state index contributed by atoms with van der Waals surface area (Å²) in [5.41, 5.74) is 9.78. The van der Waals surface area contributed by atoms with E-state index in [1.54, 1.807) is 0 Å². The highest BCUT2D eigenvalue weighted by molar-refractivity contribution is 5.97. The molecule has 2 saturated heterocycles. The van der Waals surface area contributed by atoms with E-state index in [2.05, 4.69) is 91.4 Å². The van der Waals surface area contributed by atoms with Gasteiger partial charge in [0, 0.05) is 34.4 Å². The van der Waals surface area contributed by atoms with Gasteiger partial charge in [-0.15, -0.1) is 0 Å². The number of nitrogens with one attached hydrogen (secondary N) is 4. The third-order valence-corrected chi connectivity index (χ3v) is 10.0. The smallest absolute Gasteiger partial charge is 0.233 e. The van der Waals surface area contributed by atoms with Gasteiger partial charge in [0.1, 0.15) is 0 Å². The van der Waals surface area contributed by atoms with Crippen molar-refractivity contribution in [1.29, 1.82) is 10.8 Å². The molecule has 2 bridgehead atoms. The van der Waals surface area contributed by atoms with Crippen molar-refractivity contribution in [3.63, 3.8) is 0 Å². The number of benzene rings is 3. The average Bonchev–Trinajstić information content (AvgIpc) is 3.74. The Labute approximate surface area is 267 Å². The fourth-order valence-electron chi connectivity index (χ4n) is 7.54. The standard InChI is InChI=1S/C38H46N6O/c1-25-19-26(2)21-28(20-25)36-33(16-18-41-17-15-27-5-8-30(9-6-27)43(23-39)24-40)34-22-29(7-14-35(34)42-36)38(3,4)37(45)44-31-10-11-32(44)13-12-31/h5-9,14,19-24,31-32,39-42H,10-13,15-18H2,1-4H3. The maximum Gasteiger partial charge on any atom is 0.233 e. The van der Waals surface area contributed by atoms with E-state index >= 15 is 0 Å². The molecule has 234 valence electrons. The maximum absolute atomic E-state index is 14.0. The van der Waals surface area contributed by atoms with Crippen LogP contribution >= 0.6 is 0 Å². The summed E-state index contributed by atoms with van der Waals surface area (Å²) >= 11 is 0. The molecule has 4 N–H and O–H groups in total. The van der Waals surface area contributed by atoms with Crippen molar-refractivity contribution in [2.45, 2.75) is 83.7 Å². The molecule has 1 aromatic heterocycles. The van der Waals surface area contributed by atoms with Crippen LogP contribution in [0.2, 0.25) is 0 Å². The topological polar surface area (TPSA) is 99.1 Å². The molecule has 0 aliphatic carbocycles. The molecule has 6 rings (SSSR count). The zero-order valence-corrected chi connectivity index (χ0v) is 27.0.